The summed E-state index contributed by atoms with van der Waals surface area (Å²) in [5.74, 6) is 0.729. The Morgan fingerprint density at radius 3 is 2.23 bits per heavy atom. The number of aryl methyl sites for hydroxylation is 1. The van der Waals surface area contributed by atoms with E-state index in [-0.39, 0.29) is 11.8 Å². The van der Waals surface area contributed by atoms with E-state index in [9.17, 15) is 4.79 Å². The summed E-state index contributed by atoms with van der Waals surface area (Å²) in [4.78, 5) is 21.0. The number of amides is 1. The number of hydrogen-bond acceptors (Lipinski definition) is 3. The van der Waals surface area contributed by atoms with E-state index in [0.717, 1.165) is 35.6 Å². The van der Waals surface area contributed by atoms with Crippen LogP contribution in [0.25, 0.3) is 0 Å². The summed E-state index contributed by atoms with van der Waals surface area (Å²) < 4.78 is 0. The molecule has 3 rings (SSSR count). The Morgan fingerprint density at radius 2 is 1.65 bits per heavy atom. The third-order valence-electron chi connectivity index (χ3n) is 4.49. The molecule has 1 heterocycles. The molecule has 2 N–H and O–H groups in total. The maximum atomic E-state index is 12.6. The van der Waals surface area contributed by atoms with Crippen molar-refractivity contribution in [2.24, 2.45) is 10.7 Å². The monoisotopic (exact) mass is 370 g/mol. The van der Waals surface area contributed by atoms with Gasteiger partial charge in [0, 0.05) is 37.4 Å². The number of aliphatic imine (C=N–C) groups is 1. The Morgan fingerprint density at radius 1 is 1.04 bits per heavy atom. The Balaban J connectivity index is 1.59. The van der Waals surface area contributed by atoms with Crippen molar-refractivity contribution in [1.82, 2.24) is 4.90 Å². The summed E-state index contributed by atoms with van der Waals surface area (Å²) in [5, 5.41) is 0. The average molecular weight is 371 g/mol. The maximum Gasteiger partial charge on any atom is 0.253 e. The van der Waals surface area contributed by atoms with Gasteiger partial charge in [-0.1, -0.05) is 17.7 Å². The molecule has 136 valence electrons. The first-order valence-electron chi connectivity index (χ1n) is 8.67. The van der Waals surface area contributed by atoms with E-state index in [1.165, 1.54) is 0 Å². The SMILES string of the molecule is Cc1ccc(C(=O)N2CCN(c3ccc(N=C(N)CCl)cc3)CC2)cc1. The van der Waals surface area contributed by atoms with Crippen LogP contribution in [-0.2, 0) is 0 Å². The van der Waals surface area contributed by atoms with Gasteiger partial charge in [0.15, 0.2) is 0 Å². The van der Waals surface area contributed by atoms with Crippen molar-refractivity contribution in [3.63, 3.8) is 0 Å². The Kier molecular flexibility index (Phi) is 5.78. The summed E-state index contributed by atoms with van der Waals surface area (Å²) in [7, 11) is 0. The first-order valence-corrected chi connectivity index (χ1v) is 9.20. The Hall–Kier alpha value is -2.53. The number of halogens is 1. The molecule has 0 aromatic heterocycles. The van der Waals surface area contributed by atoms with Gasteiger partial charge in [0.25, 0.3) is 5.91 Å². The largest absolute Gasteiger partial charge is 0.386 e. The number of rotatable bonds is 4. The molecule has 2 aromatic carbocycles. The second-order valence-electron chi connectivity index (χ2n) is 6.40. The van der Waals surface area contributed by atoms with E-state index < -0.39 is 0 Å². The van der Waals surface area contributed by atoms with E-state index in [1.807, 2.05) is 60.4 Å². The fourth-order valence-corrected chi connectivity index (χ4v) is 3.04. The smallest absolute Gasteiger partial charge is 0.253 e. The van der Waals surface area contributed by atoms with Gasteiger partial charge in [-0.15, -0.1) is 11.6 Å². The molecular formula is C20H23ClN4O. The number of piperazine rings is 1. The van der Waals surface area contributed by atoms with Crippen molar-refractivity contribution in [1.29, 1.82) is 0 Å². The summed E-state index contributed by atoms with van der Waals surface area (Å²) in [6.07, 6.45) is 0. The van der Waals surface area contributed by atoms with Gasteiger partial charge in [0.05, 0.1) is 11.6 Å². The summed E-state index contributed by atoms with van der Waals surface area (Å²) in [5.41, 5.74) is 9.48. The van der Waals surface area contributed by atoms with Crippen molar-refractivity contribution in [2.75, 3.05) is 37.0 Å². The normalized spacial score (nSPS) is 15.2. The quantitative estimate of drug-likeness (QED) is 0.510. The van der Waals surface area contributed by atoms with Crippen molar-refractivity contribution in [3.8, 4) is 0 Å². The number of anilines is 1. The Labute approximate surface area is 159 Å². The fraction of sp³-hybridized carbons (Fsp3) is 0.300. The van der Waals surface area contributed by atoms with Crippen LogP contribution in [0.3, 0.4) is 0 Å². The van der Waals surface area contributed by atoms with Gasteiger partial charge in [0.2, 0.25) is 0 Å². The molecule has 1 amide bonds. The van der Waals surface area contributed by atoms with Crippen LogP contribution >= 0.6 is 11.6 Å². The number of nitrogens with two attached hydrogens (primary N) is 1. The molecule has 2 aromatic rings. The lowest BCUT2D eigenvalue weighted by atomic mass is 10.1. The number of amidine groups is 1. The molecule has 1 saturated heterocycles. The molecule has 0 atom stereocenters. The van der Waals surface area contributed by atoms with E-state index in [1.54, 1.807) is 0 Å². The third-order valence-corrected chi connectivity index (χ3v) is 4.76. The highest BCUT2D eigenvalue weighted by Gasteiger charge is 2.22. The van der Waals surface area contributed by atoms with Gasteiger partial charge in [-0.05, 0) is 43.3 Å². The summed E-state index contributed by atoms with van der Waals surface area (Å²) >= 11 is 5.65. The van der Waals surface area contributed by atoms with Crippen molar-refractivity contribution in [3.05, 3.63) is 59.7 Å². The number of benzene rings is 2. The lowest BCUT2D eigenvalue weighted by molar-refractivity contribution is 0.0747. The molecule has 0 saturated carbocycles. The number of carbonyl (C=O) groups is 1. The second-order valence-corrected chi connectivity index (χ2v) is 6.67. The zero-order valence-electron chi connectivity index (χ0n) is 14.9. The molecule has 6 heteroatoms. The number of hydrogen-bond donors (Lipinski definition) is 1. The molecule has 1 fully saturated rings. The topological polar surface area (TPSA) is 61.9 Å². The number of nitrogens with zero attached hydrogens (tertiary/aromatic N) is 3. The number of carbonyl (C=O) groups excluding carboxylic acids is 1. The van der Waals surface area contributed by atoms with Crippen molar-refractivity contribution >= 4 is 34.7 Å². The highest BCUT2D eigenvalue weighted by Crippen LogP contribution is 2.21. The van der Waals surface area contributed by atoms with E-state index in [0.29, 0.717) is 18.9 Å². The van der Waals surface area contributed by atoms with Gasteiger partial charge in [0.1, 0.15) is 5.84 Å². The molecule has 26 heavy (non-hydrogen) atoms. The fourth-order valence-electron chi connectivity index (χ4n) is 2.98. The molecule has 0 radical (unpaired) electrons. The van der Waals surface area contributed by atoms with Gasteiger partial charge in [-0.2, -0.15) is 0 Å². The molecule has 1 aliphatic rings. The molecule has 0 aliphatic carbocycles. The highest BCUT2D eigenvalue weighted by molar-refractivity contribution is 6.28. The predicted octanol–water partition coefficient (Wildman–Crippen LogP) is 3.18. The van der Waals surface area contributed by atoms with Crippen LogP contribution in [0.4, 0.5) is 11.4 Å². The minimum atomic E-state index is 0.103. The summed E-state index contributed by atoms with van der Waals surface area (Å²) in [6, 6.07) is 15.7. The molecule has 0 spiro atoms. The second kappa shape index (κ2) is 8.23. The molecule has 5 nitrogen and oxygen atoms in total. The van der Waals surface area contributed by atoms with E-state index >= 15 is 0 Å². The molecule has 0 bridgehead atoms. The maximum absolute atomic E-state index is 12.6. The molecular weight excluding hydrogens is 348 g/mol. The van der Waals surface area contributed by atoms with Gasteiger partial charge < -0.3 is 15.5 Å². The predicted molar refractivity (Wildman–Crippen MR) is 108 cm³/mol. The summed E-state index contributed by atoms with van der Waals surface area (Å²) in [6.45, 7) is 5.07. The zero-order chi connectivity index (χ0) is 18.5. The lowest BCUT2D eigenvalue weighted by Gasteiger charge is -2.36. The third kappa shape index (κ3) is 4.35. The number of alkyl halides is 1. The van der Waals surface area contributed by atoms with Crippen LogP contribution in [0.2, 0.25) is 0 Å². The first kappa shape index (κ1) is 18.3. The highest BCUT2D eigenvalue weighted by atomic mass is 35.5. The standard InChI is InChI=1S/C20H23ClN4O/c1-15-2-4-16(5-3-15)20(26)25-12-10-24(11-13-25)18-8-6-17(7-9-18)23-19(22)14-21/h2-9H,10-14H2,1H3,(H2,22,23). The van der Waals surface area contributed by atoms with Crippen LogP contribution in [0, 0.1) is 6.92 Å². The minimum absolute atomic E-state index is 0.103. The van der Waals surface area contributed by atoms with Crippen LogP contribution in [0.1, 0.15) is 15.9 Å². The van der Waals surface area contributed by atoms with Crippen LogP contribution in [0.5, 0.6) is 0 Å². The van der Waals surface area contributed by atoms with E-state index in [4.69, 9.17) is 17.3 Å². The van der Waals surface area contributed by atoms with Gasteiger partial charge >= 0.3 is 0 Å². The minimum Gasteiger partial charge on any atom is -0.386 e. The van der Waals surface area contributed by atoms with Crippen molar-refractivity contribution in [2.45, 2.75) is 6.92 Å². The first-order chi connectivity index (χ1) is 12.6. The van der Waals surface area contributed by atoms with E-state index in [2.05, 4.69) is 9.89 Å². The lowest BCUT2D eigenvalue weighted by Crippen LogP contribution is -2.48. The van der Waals surface area contributed by atoms with Gasteiger partial charge in [-0.25, -0.2) is 4.99 Å². The van der Waals surface area contributed by atoms with Crippen LogP contribution in [-0.4, -0.2) is 48.7 Å². The molecule has 0 unspecified atom stereocenters. The van der Waals surface area contributed by atoms with Crippen molar-refractivity contribution < 1.29 is 4.79 Å². The van der Waals surface area contributed by atoms with Gasteiger partial charge in [-0.3, -0.25) is 4.79 Å². The zero-order valence-corrected chi connectivity index (χ0v) is 15.6. The van der Waals surface area contributed by atoms with Crippen LogP contribution in [0.15, 0.2) is 53.5 Å². The Bertz CT molecular complexity index is 778. The average Bonchev–Trinajstić information content (AvgIpc) is 2.68. The molecule has 1 aliphatic heterocycles. The van der Waals surface area contributed by atoms with Crippen LogP contribution < -0.4 is 10.6 Å².